The van der Waals surface area contributed by atoms with E-state index in [1.54, 1.807) is 0 Å². The van der Waals surface area contributed by atoms with Crippen molar-refractivity contribution in [2.45, 2.75) is 25.7 Å². The molecule has 3 nitrogen and oxygen atoms in total. The lowest BCUT2D eigenvalue weighted by Gasteiger charge is -2.16. The summed E-state index contributed by atoms with van der Waals surface area (Å²) in [6.07, 6.45) is 8.76. The maximum Gasteiger partial charge on any atom is 0.0270 e. The van der Waals surface area contributed by atoms with Crippen LogP contribution in [0, 0.1) is 0 Å². The first-order chi connectivity index (χ1) is 8.33. The fraction of sp³-hybridized carbons (Fsp3) is 0.643. The zero-order valence-corrected chi connectivity index (χ0v) is 11.2. The molecule has 1 N–H and O–H groups in total. The average molecular weight is 235 g/mol. The fourth-order valence-electron chi connectivity index (χ4n) is 1.84. The minimum absolute atomic E-state index is 1.12. The van der Waals surface area contributed by atoms with Gasteiger partial charge < -0.3 is 10.2 Å². The van der Waals surface area contributed by atoms with Gasteiger partial charge in [0.2, 0.25) is 0 Å². The van der Waals surface area contributed by atoms with E-state index in [0.29, 0.717) is 0 Å². The van der Waals surface area contributed by atoms with Gasteiger partial charge in [0.15, 0.2) is 0 Å². The van der Waals surface area contributed by atoms with Crippen molar-refractivity contribution in [1.29, 1.82) is 0 Å². The van der Waals surface area contributed by atoms with E-state index in [2.05, 4.69) is 34.4 Å². The summed E-state index contributed by atoms with van der Waals surface area (Å²) in [7, 11) is 4.22. The Bertz CT molecular complexity index is 274. The Kier molecular flexibility index (Phi) is 7.60. The SMILES string of the molecule is CNCCCCCN(C)CCc1ccncc1. The Morgan fingerprint density at radius 3 is 2.59 bits per heavy atom. The van der Waals surface area contributed by atoms with Crippen LogP contribution in [0.3, 0.4) is 0 Å². The van der Waals surface area contributed by atoms with Crippen molar-refractivity contribution < 1.29 is 0 Å². The van der Waals surface area contributed by atoms with E-state index < -0.39 is 0 Å². The number of nitrogens with zero attached hydrogens (tertiary/aromatic N) is 2. The lowest BCUT2D eigenvalue weighted by atomic mass is 10.2. The Labute approximate surface area is 105 Å². The van der Waals surface area contributed by atoms with E-state index in [4.69, 9.17) is 0 Å². The molecule has 0 spiro atoms. The number of unbranched alkanes of at least 4 members (excludes halogenated alkanes) is 2. The third kappa shape index (κ3) is 7.08. The standard InChI is InChI=1S/C14H25N3/c1-15-9-4-3-5-12-17(2)13-8-14-6-10-16-11-7-14/h6-7,10-11,15H,3-5,8-9,12-13H2,1-2H3. The van der Waals surface area contributed by atoms with Crippen LogP contribution in [0.25, 0.3) is 0 Å². The summed E-state index contributed by atoms with van der Waals surface area (Å²) in [5.74, 6) is 0. The Balaban J connectivity index is 2.03. The molecule has 0 radical (unpaired) electrons. The minimum atomic E-state index is 1.12. The second-order valence-corrected chi connectivity index (χ2v) is 4.57. The van der Waals surface area contributed by atoms with Gasteiger partial charge in [0.05, 0.1) is 0 Å². The van der Waals surface area contributed by atoms with Gasteiger partial charge in [0.1, 0.15) is 0 Å². The third-order valence-corrected chi connectivity index (χ3v) is 3.00. The molecule has 0 aliphatic rings. The highest BCUT2D eigenvalue weighted by atomic mass is 15.1. The number of pyridine rings is 1. The van der Waals surface area contributed by atoms with Gasteiger partial charge in [0.25, 0.3) is 0 Å². The van der Waals surface area contributed by atoms with Crippen molar-refractivity contribution in [3.63, 3.8) is 0 Å². The lowest BCUT2D eigenvalue weighted by Crippen LogP contribution is -2.22. The molecule has 0 atom stereocenters. The van der Waals surface area contributed by atoms with Crippen molar-refractivity contribution in [3.05, 3.63) is 30.1 Å². The number of aromatic nitrogens is 1. The summed E-state index contributed by atoms with van der Waals surface area (Å²) >= 11 is 0. The molecule has 1 aromatic heterocycles. The first-order valence-corrected chi connectivity index (χ1v) is 6.55. The molecule has 0 aromatic carbocycles. The molecule has 1 rings (SSSR count). The Hall–Kier alpha value is -0.930. The van der Waals surface area contributed by atoms with Crippen LogP contribution >= 0.6 is 0 Å². The predicted octanol–water partition coefficient (Wildman–Crippen LogP) is 1.95. The molecule has 0 amide bonds. The maximum atomic E-state index is 4.03. The van der Waals surface area contributed by atoms with E-state index in [-0.39, 0.29) is 0 Å². The Morgan fingerprint density at radius 1 is 1.12 bits per heavy atom. The zero-order chi connectivity index (χ0) is 12.3. The molecular weight excluding hydrogens is 210 g/mol. The van der Waals surface area contributed by atoms with Gasteiger partial charge in [-0.3, -0.25) is 4.98 Å². The molecule has 0 fully saturated rings. The van der Waals surface area contributed by atoms with Gasteiger partial charge >= 0.3 is 0 Å². The fourth-order valence-corrected chi connectivity index (χ4v) is 1.84. The van der Waals surface area contributed by atoms with Crippen LogP contribution in [0.5, 0.6) is 0 Å². The van der Waals surface area contributed by atoms with Crippen LogP contribution in [0.1, 0.15) is 24.8 Å². The smallest absolute Gasteiger partial charge is 0.0270 e. The average Bonchev–Trinajstić information content (AvgIpc) is 2.37. The summed E-state index contributed by atoms with van der Waals surface area (Å²) in [6.45, 7) is 3.48. The number of rotatable bonds is 9. The van der Waals surface area contributed by atoms with Crippen LogP contribution in [0.2, 0.25) is 0 Å². The molecule has 1 heterocycles. The maximum absolute atomic E-state index is 4.03. The minimum Gasteiger partial charge on any atom is -0.320 e. The Morgan fingerprint density at radius 2 is 1.88 bits per heavy atom. The van der Waals surface area contributed by atoms with Crippen molar-refractivity contribution in [1.82, 2.24) is 15.2 Å². The summed E-state index contributed by atoms with van der Waals surface area (Å²) in [4.78, 5) is 6.45. The summed E-state index contributed by atoms with van der Waals surface area (Å²) < 4.78 is 0. The van der Waals surface area contributed by atoms with Crippen LogP contribution in [-0.2, 0) is 6.42 Å². The molecule has 3 heteroatoms. The number of nitrogens with one attached hydrogen (secondary N) is 1. The normalized spacial score (nSPS) is 11.0. The summed E-state index contributed by atoms with van der Waals surface area (Å²) in [5.41, 5.74) is 1.38. The number of hydrogen-bond acceptors (Lipinski definition) is 3. The van der Waals surface area contributed by atoms with Crippen LogP contribution in [0.4, 0.5) is 0 Å². The molecule has 0 bridgehead atoms. The van der Waals surface area contributed by atoms with Crippen molar-refractivity contribution in [2.24, 2.45) is 0 Å². The molecule has 1 aromatic rings. The third-order valence-electron chi connectivity index (χ3n) is 3.00. The van der Waals surface area contributed by atoms with Crippen LogP contribution in [0.15, 0.2) is 24.5 Å². The number of likely N-dealkylation sites (N-methyl/N-ethyl adjacent to an activating group) is 1. The predicted molar refractivity (Wildman–Crippen MR) is 73.2 cm³/mol. The van der Waals surface area contributed by atoms with Crippen LogP contribution in [-0.4, -0.2) is 43.6 Å². The van der Waals surface area contributed by atoms with Gasteiger partial charge in [-0.15, -0.1) is 0 Å². The van der Waals surface area contributed by atoms with Gasteiger partial charge in [-0.1, -0.05) is 6.42 Å². The topological polar surface area (TPSA) is 28.2 Å². The summed E-state index contributed by atoms with van der Waals surface area (Å²) in [5, 5.41) is 3.18. The molecule has 0 aliphatic carbocycles. The van der Waals surface area contributed by atoms with Gasteiger partial charge in [0, 0.05) is 18.9 Å². The summed E-state index contributed by atoms with van der Waals surface area (Å²) in [6, 6.07) is 4.20. The highest BCUT2D eigenvalue weighted by molar-refractivity contribution is 5.09. The second-order valence-electron chi connectivity index (χ2n) is 4.57. The highest BCUT2D eigenvalue weighted by Gasteiger charge is 1.99. The van der Waals surface area contributed by atoms with Gasteiger partial charge in [-0.05, 0) is 64.1 Å². The molecule has 96 valence electrons. The highest BCUT2D eigenvalue weighted by Crippen LogP contribution is 2.01. The van der Waals surface area contributed by atoms with Crippen molar-refractivity contribution in [3.8, 4) is 0 Å². The molecule has 17 heavy (non-hydrogen) atoms. The van der Waals surface area contributed by atoms with E-state index >= 15 is 0 Å². The molecule has 0 unspecified atom stereocenters. The van der Waals surface area contributed by atoms with Crippen molar-refractivity contribution in [2.75, 3.05) is 33.7 Å². The first-order valence-electron chi connectivity index (χ1n) is 6.55. The largest absolute Gasteiger partial charge is 0.320 e. The quantitative estimate of drug-likeness (QED) is 0.663. The van der Waals surface area contributed by atoms with Crippen LogP contribution < -0.4 is 5.32 Å². The van der Waals surface area contributed by atoms with E-state index in [1.807, 2.05) is 19.4 Å². The number of hydrogen-bond donors (Lipinski definition) is 1. The van der Waals surface area contributed by atoms with E-state index in [9.17, 15) is 0 Å². The van der Waals surface area contributed by atoms with Gasteiger partial charge in [-0.25, -0.2) is 0 Å². The second kappa shape index (κ2) is 9.14. The van der Waals surface area contributed by atoms with E-state index in [1.165, 1.54) is 31.4 Å². The van der Waals surface area contributed by atoms with E-state index in [0.717, 1.165) is 19.5 Å². The van der Waals surface area contributed by atoms with Crippen molar-refractivity contribution >= 4 is 0 Å². The zero-order valence-electron chi connectivity index (χ0n) is 11.2. The molecule has 0 saturated heterocycles. The lowest BCUT2D eigenvalue weighted by molar-refractivity contribution is 0.328. The van der Waals surface area contributed by atoms with Gasteiger partial charge in [-0.2, -0.15) is 0 Å². The first kappa shape index (κ1) is 14.1. The molecule has 0 aliphatic heterocycles. The molecule has 0 saturated carbocycles. The monoisotopic (exact) mass is 235 g/mol. The molecular formula is C14H25N3.